The van der Waals surface area contributed by atoms with E-state index in [0.29, 0.717) is 13.1 Å². The second-order valence-corrected chi connectivity index (χ2v) is 4.52. The number of hydrogen-bond donors (Lipinski definition) is 1. The molecule has 0 radical (unpaired) electrons. The first kappa shape index (κ1) is 12.9. The third kappa shape index (κ3) is 2.82. The first-order chi connectivity index (χ1) is 8.72. The molecule has 1 saturated heterocycles. The molecule has 0 spiro atoms. The number of ether oxygens (including phenoxy) is 1. The van der Waals surface area contributed by atoms with E-state index in [1.807, 2.05) is 44.2 Å². The summed E-state index contributed by atoms with van der Waals surface area (Å²) in [5, 5.41) is 2.88. The van der Waals surface area contributed by atoms with Crippen molar-refractivity contribution in [1.82, 2.24) is 10.2 Å². The average Bonchev–Trinajstić information content (AvgIpc) is 2.79. The predicted octanol–water partition coefficient (Wildman–Crippen LogP) is 2.53. The zero-order valence-corrected chi connectivity index (χ0v) is 10.9. The van der Waals surface area contributed by atoms with Crippen LogP contribution in [0, 0.1) is 0 Å². The zero-order chi connectivity index (χ0) is 13.0. The van der Waals surface area contributed by atoms with Crippen molar-refractivity contribution >= 4 is 6.03 Å². The summed E-state index contributed by atoms with van der Waals surface area (Å²) in [7, 11) is 0. The molecule has 1 fully saturated rings. The largest absolute Gasteiger partial charge is 0.349 e. The van der Waals surface area contributed by atoms with Gasteiger partial charge in [0.25, 0.3) is 0 Å². The molecule has 2 unspecified atom stereocenters. The highest BCUT2D eigenvalue weighted by molar-refractivity contribution is 5.74. The van der Waals surface area contributed by atoms with Crippen LogP contribution < -0.4 is 5.32 Å². The highest BCUT2D eigenvalue weighted by Crippen LogP contribution is 2.28. The van der Waals surface area contributed by atoms with Crippen molar-refractivity contribution in [3.05, 3.63) is 35.9 Å². The summed E-state index contributed by atoms with van der Waals surface area (Å²) in [4.78, 5) is 13.7. The monoisotopic (exact) mass is 248 g/mol. The molecule has 1 N–H and O–H groups in total. The second kappa shape index (κ2) is 5.87. The Bertz CT molecular complexity index is 394. The molecule has 1 aliphatic rings. The molecule has 4 nitrogen and oxygen atoms in total. The average molecular weight is 248 g/mol. The third-order valence-corrected chi connectivity index (χ3v) is 3.12. The first-order valence-corrected chi connectivity index (χ1v) is 6.47. The Morgan fingerprint density at radius 3 is 2.83 bits per heavy atom. The maximum Gasteiger partial charge on any atom is 0.319 e. The lowest BCUT2D eigenvalue weighted by Crippen LogP contribution is -2.42. The lowest BCUT2D eigenvalue weighted by atomic mass is 10.1. The molecule has 1 aromatic carbocycles. The van der Waals surface area contributed by atoms with Crippen LogP contribution >= 0.6 is 0 Å². The van der Waals surface area contributed by atoms with Crippen LogP contribution in [0.1, 0.15) is 31.9 Å². The van der Waals surface area contributed by atoms with Crippen LogP contribution in [0.25, 0.3) is 0 Å². The Morgan fingerprint density at radius 1 is 1.44 bits per heavy atom. The van der Waals surface area contributed by atoms with E-state index < -0.39 is 0 Å². The van der Waals surface area contributed by atoms with Crippen molar-refractivity contribution in [3.63, 3.8) is 0 Å². The van der Waals surface area contributed by atoms with Crippen molar-refractivity contribution in [2.75, 3.05) is 13.1 Å². The smallest absolute Gasteiger partial charge is 0.319 e. The van der Waals surface area contributed by atoms with E-state index in [1.54, 1.807) is 4.90 Å². The fourth-order valence-corrected chi connectivity index (χ4v) is 2.11. The summed E-state index contributed by atoms with van der Waals surface area (Å²) in [6.45, 7) is 5.27. The van der Waals surface area contributed by atoms with Crippen molar-refractivity contribution in [3.8, 4) is 0 Å². The van der Waals surface area contributed by atoms with Crippen LogP contribution in [0.2, 0.25) is 0 Å². The predicted molar refractivity (Wildman–Crippen MR) is 70.1 cm³/mol. The Kier molecular flexibility index (Phi) is 4.20. The molecule has 0 aromatic heterocycles. The number of benzene rings is 1. The molecule has 2 amide bonds. The summed E-state index contributed by atoms with van der Waals surface area (Å²) >= 11 is 0. The third-order valence-electron chi connectivity index (χ3n) is 3.12. The minimum absolute atomic E-state index is 0.0198. The van der Waals surface area contributed by atoms with Crippen LogP contribution in [0.4, 0.5) is 4.79 Å². The van der Waals surface area contributed by atoms with Crippen LogP contribution in [-0.4, -0.2) is 30.2 Å². The van der Waals surface area contributed by atoms with E-state index in [-0.39, 0.29) is 18.4 Å². The van der Waals surface area contributed by atoms with Gasteiger partial charge >= 0.3 is 6.03 Å². The highest BCUT2D eigenvalue weighted by Gasteiger charge is 2.33. The maximum atomic E-state index is 11.9. The normalized spacial score (nSPS) is 23.1. The van der Waals surface area contributed by atoms with Gasteiger partial charge in [-0.3, -0.25) is 4.90 Å². The quantitative estimate of drug-likeness (QED) is 0.893. The Morgan fingerprint density at radius 2 is 2.17 bits per heavy atom. The first-order valence-electron chi connectivity index (χ1n) is 6.47. The fraction of sp³-hybridized carbons (Fsp3) is 0.500. The van der Waals surface area contributed by atoms with Crippen LogP contribution in [0.15, 0.2) is 30.3 Å². The summed E-state index contributed by atoms with van der Waals surface area (Å²) in [5.74, 6) is 0. The second-order valence-electron chi connectivity index (χ2n) is 4.52. The van der Waals surface area contributed by atoms with Crippen LogP contribution in [-0.2, 0) is 4.74 Å². The van der Waals surface area contributed by atoms with Gasteiger partial charge in [0.05, 0.1) is 6.54 Å². The summed E-state index contributed by atoms with van der Waals surface area (Å²) in [5.41, 5.74) is 1.12. The van der Waals surface area contributed by atoms with Crippen LogP contribution in [0.5, 0.6) is 0 Å². The molecule has 18 heavy (non-hydrogen) atoms. The molecule has 98 valence electrons. The summed E-state index contributed by atoms with van der Waals surface area (Å²) < 4.78 is 5.83. The topological polar surface area (TPSA) is 41.6 Å². The van der Waals surface area contributed by atoms with E-state index in [9.17, 15) is 4.79 Å². The van der Waals surface area contributed by atoms with E-state index in [4.69, 9.17) is 4.74 Å². The highest BCUT2D eigenvalue weighted by atomic mass is 16.5. The molecule has 1 aliphatic heterocycles. The number of carbonyl (C=O) groups is 1. The molecule has 0 aliphatic carbocycles. The number of nitrogens with zero attached hydrogens (tertiary/aromatic N) is 1. The molecule has 1 heterocycles. The molecule has 1 aromatic rings. The van der Waals surface area contributed by atoms with Crippen molar-refractivity contribution in [1.29, 1.82) is 0 Å². The van der Waals surface area contributed by atoms with Crippen LogP contribution in [0.3, 0.4) is 0 Å². The fourth-order valence-electron chi connectivity index (χ4n) is 2.11. The van der Waals surface area contributed by atoms with Gasteiger partial charge in [0.2, 0.25) is 0 Å². The molecular formula is C14H20N2O2. The van der Waals surface area contributed by atoms with Gasteiger partial charge in [0.15, 0.2) is 0 Å². The molecule has 0 saturated carbocycles. The Balaban J connectivity index is 1.98. The lowest BCUT2D eigenvalue weighted by molar-refractivity contribution is 0.0242. The van der Waals surface area contributed by atoms with Crippen molar-refractivity contribution in [2.45, 2.75) is 32.6 Å². The number of carbonyl (C=O) groups excluding carboxylic acids is 1. The van der Waals surface area contributed by atoms with Gasteiger partial charge in [-0.15, -0.1) is 0 Å². The van der Waals surface area contributed by atoms with E-state index in [2.05, 4.69) is 5.32 Å². The molecular weight excluding hydrogens is 228 g/mol. The molecule has 2 rings (SSSR count). The maximum absolute atomic E-state index is 11.9. The standard InChI is InChI=1S/C14H20N2O2/c1-3-9-15-14(17)16-10-13(18-11(16)2)12-7-5-4-6-8-12/h4-8,11,13H,3,9-10H2,1-2H3,(H,15,17). The van der Waals surface area contributed by atoms with Gasteiger partial charge in [0, 0.05) is 6.54 Å². The number of nitrogens with one attached hydrogen (secondary N) is 1. The van der Waals surface area contributed by atoms with E-state index in [1.165, 1.54) is 0 Å². The Labute approximate surface area is 108 Å². The lowest BCUT2D eigenvalue weighted by Gasteiger charge is -2.19. The summed E-state index contributed by atoms with van der Waals surface area (Å²) in [6.07, 6.45) is 0.748. The minimum Gasteiger partial charge on any atom is -0.349 e. The SMILES string of the molecule is CCCNC(=O)N1CC(c2ccccc2)OC1C. The minimum atomic E-state index is -0.174. The van der Waals surface area contributed by atoms with Gasteiger partial charge in [-0.05, 0) is 18.9 Å². The summed E-state index contributed by atoms with van der Waals surface area (Å²) in [6, 6.07) is 9.98. The molecule has 2 atom stereocenters. The van der Waals surface area contributed by atoms with Crippen molar-refractivity contribution < 1.29 is 9.53 Å². The number of rotatable bonds is 3. The van der Waals surface area contributed by atoms with Gasteiger partial charge < -0.3 is 10.1 Å². The number of amides is 2. The van der Waals surface area contributed by atoms with Gasteiger partial charge in [-0.2, -0.15) is 0 Å². The number of hydrogen-bond acceptors (Lipinski definition) is 2. The zero-order valence-electron chi connectivity index (χ0n) is 10.9. The molecule has 4 heteroatoms. The van der Waals surface area contributed by atoms with E-state index >= 15 is 0 Å². The number of urea groups is 1. The van der Waals surface area contributed by atoms with Gasteiger partial charge in [-0.1, -0.05) is 37.3 Å². The van der Waals surface area contributed by atoms with Gasteiger partial charge in [-0.25, -0.2) is 4.79 Å². The Hall–Kier alpha value is -1.55. The van der Waals surface area contributed by atoms with Gasteiger partial charge in [0.1, 0.15) is 12.3 Å². The van der Waals surface area contributed by atoms with E-state index in [0.717, 1.165) is 12.0 Å². The van der Waals surface area contributed by atoms with Crippen molar-refractivity contribution in [2.24, 2.45) is 0 Å². The molecule has 0 bridgehead atoms.